The summed E-state index contributed by atoms with van der Waals surface area (Å²) >= 11 is 0. The van der Waals surface area contributed by atoms with E-state index >= 15 is 0 Å². The number of imidazole rings is 2. The first-order valence-electron chi connectivity index (χ1n) is 14.5. The Labute approximate surface area is 257 Å². The van der Waals surface area contributed by atoms with E-state index in [0.29, 0.717) is 23.4 Å². The maximum Gasteiger partial charge on any atom is 0.309 e. The lowest BCUT2D eigenvalue weighted by Gasteiger charge is -2.12. The van der Waals surface area contributed by atoms with E-state index in [9.17, 15) is 0 Å². The van der Waals surface area contributed by atoms with Gasteiger partial charge in [-0.15, -0.1) is 0 Å². The van der Waals surface area contributed by atoms with E-state index < -0.39 is 0 Å². The molecular weight excluding hydrogens is 564 g/mol. The first kappa shape index (κ1) is 26.4. The molecule has 0 N–H and O–H groups in total. The van der Waals surface area contributed by atoms with Gasteiger partial charge >= 0.3 is 5.95 Å². The fraction of sp³-hybridized carbons (Fsp3) is 0.0556. The number of fused-ring (bicyclic) bond motifs is 6. The first-order valence-corrected chi connectivity index (χ1v) is 14.5. The fourth-order valence-corrected chi connectivity index (χ4v) is 5.73. The van der Waals surface area contributed by atoms with Crippen LogP contribution in [0.2, 0.25) is 0 Å². The van der Waals surface area contributed by atoms with Crippen molar-refractivity contribution in [2.24, 2.45) is 14.1 Å². The number of benzene rings is 4. The Morgan fingerprint density at radius 3 is 1.93 bits per heavy atom. The van der Waals surface area contributed by atoms with Gasteiger partial charge in [0.1, 0.15) is 17.4 Å². The molecule has 0 bridgehead atoms. The summed E-state index contributed by atoms with van der Waals surface area (Å²) in [4.78, 5) is 9.54. The van der Waals surface area contributed by atoms with Crippen LogP contribution in [0.25, 0.3) is 55.6 Å². The van der Waals surface area contributed by atoms with E-state index in [1.165, 1.54) is 0 Å². The Bertz CT molecular complexity index is 2470. The van der Waals surface area contributed by atoms with Gasteiger partial charge in [-0.3, -0.25) is 9.13 Å². The van der Waals surface area contributed by atoms with Gasteiger partial charge in [-0.25, -0.2) is 4.98 Å². The lowest BCUT2D eigenvalue weighted by atomic mass is 10.1. The van der Waals surface area contributed by atoms with E-state index in [4.69, 9.17) is 18.6 Å². The highest BCUT2D eigenvalue weighted by Crippen LogP contribution is 2.31. The molecule has 0 aliphatic heterocycles. The van der Waals surface area contributed by atoms with E-state index in [1.54, 1.807) is 12.5 Å². The van der Waals surface area contributed by atoms with Crippen molar-refractivity contribution >= 4 is 43.7 Å². The monoisotopic (exact) mass is 592 g/mol. The van der Waals surface area contributed by atoms with Crippen LogP contribution in [0.15, 0.2) is 143 Å². The van der Waals surface area contributed by atoms with Gasteiger partial charge < -0.3 is 22.7 Å². The van der Waals surface area contributed by atoms with Crippen LogP contribution in [0.5, 0.6) is 11.8 Å². The molecule has 0 fully saturated rings. The molecule has 9 heteroatoms. The Morgan fingerprint density at radius 2 is 1.22 bits per heavy atom. The number of rotatable bonds is 4. The molecule has 0 amide bonds. The summed E-state index contributed by atoms with van der Waals surface area (Å²) < 4.78 is 26.7. The fourth-order valence-electron chi connectivity index (χ4n) is 5.73. The lowest BCUT2D eigenvalue weighted by molar-refractivity contribution is 0.343. The van der Waals surface area contributed by atoms with Gasteiger partial charge in [0, 0.05) is 54.2 Å². The summed E-state index contributed by atoms with van der Waals surface area (Å²) in [6, 6.07) is 32.3. The third kappa shape index (κ3) is 4.67. The van der Waals surface area contributed by atoms with E-state index in [0.717, 1.165) is 38.2 Å². The van der Waals surface area contributed by atoms with E-state index in [1.807, 2.05) is 124 Å². The second-order valence-corrected chi connectivity index (χ2v) is 10.7. The second-order valence-electron chi connectivity index (χ2n) is 10.7. The zero-order chi connectivity index (χ0) is 30.3. The van der Waals surface area contributed by atoms with Crippen LogP contribution in [-0.4, -0.2) is 28.2 Å². The molecule has 0 unspecified atom stereocenters. The summed E-state index contributed by atoms with van der Waals surface area (Å²) in [5, 5.41) is 3.97. The van der Waals surface area contributed by atoms with Gasteiger partial charge in [-0.2, -0.15) is 4.98 Å². The number of para-hydroxylation sites is 4. The second kappa shape index (κ2) is 10.8. The summed E-state index contributed by atoms with van der Waals surface area (Å²) in [6.45, 7) is 0. The molecular formula is C36H28N6O3. The van der Waals surface area contributed by atoms with Crippen molar-refractivity contribution in [3.05, 3.63) is 134 Å². The third-order valence-corrected chi connectivity index (χ3v) is 7.79. The summed E-state index contributed by atoms with van der Waals surface area (Å²) in [7, 11) is 3.88. The molecule has 0 atom stereocenters. The van der Waals surface area contributed by atoms with Crippen molar-refractivity contribution in [1.29, 1.82) is 0 Å². The molecule has 45 heavy (non-hydrogen) atoms. The number of hydrogen-bond donors (Lipinski definition) is 0. The van der Waals surface area contributed by atoms with E-state index in [2.05, 4.69) is 35.3 Å². The number of hydrogen-bond acceptors (Lipinski definition) is 5. The molecule has 8 aromatic rings. The topological polar surface area (TPSA) is 81.0 Å². The van der Waals surface area contributed by atoms with Gasteiger partial charge in [0.2, 0.25) is 17.8 Å². The van der Waals surface area contributed by atoms with Gasteiger partial charge in [-0.1, -0.05) is 72.8 Å². The molecule has 0 saturated carbocycles. The minimum atomic E-state index is 0.241. The molecule has 0 aliphatic rings. The molecule has 0 saturated heterocycles. The van der Waals surface area contributed by atoms with Crippen LogP contribution in [0, 0.1) is 0 Å². The highest BCUT2D eigenvalue weighted by Gasteiger charge is 2.15. The first-order chi connectivity index (χ1) is 22.1. The summed E-state index contributed by atoms with van der Waals surface area (Å²) in [5.74, 6) is 1.94. The van der Waals surface area contributed by atoms with Gasteiger partial charge in [0.25, 0.3) is 0 Å². The van der Waals surface area contributed by atoms with Gasteiger partial charge in [0.15, 0.2) is 0 Å². The van der Waals surface area contributed by atoms with Crippen LogP contribution in [0.3, 0.4) is 0 Å². The van der Waals surface area contributed by atoms with Gasteiger partial charge in [-0.05, 0) is 24.3 Å². The average Bonchev–Trinajstić information content (AvgIpc) is 3.64. The molecule has 0 aliphatic carbocycles. The van der Waals surface area contributed by atoms with E-state index in [-0.39, 0.29) is 5.95 Å². The zero-order valence-electron chi connectivity index (χ0n) is 24.6. The van der Waals surface area contributed by atoms with Crippen LogP contribution in [-0.2, 0) is 14.1 Å². The van der Waals surface area contributed by atoms with Crippen molar-refractivity contribution < 1.29 is 13.6 Å². The van der Waals surface area contributed by atoms with Crippen molar-refractivity contribution in [2.75, 3.05) is 0 Å². The van der Waals surface area contributed by atoms with Crippen LogP contribution < -0.4 is 4.74 Å². The van der Waals surface area contributed by atoms with Crippen molar-refractivity contribution in [1.82, 2.24) is 28.2 Å². The largest absolute Gasteiger partial charge is 0.463 e. The lowest BCUT2D eigenvalue weighted by Crippen LogP contribution is -2.04. The molecule has 0 radical (unpaired) electrons. The Kier molecular flexibility index (Phi) is 6.34. The molecule has 220 valence electrons. The zero-order valence-corrected chi connectivity index (χ0v) is 24.6. The van der Waals surface area contributed by atoms with Crippen LogP contribution in [0.4, 0.5) is 0 Å². The molecule has 8 rings (SSSR count). The number of nitrogens with zero attached hydrogens (tertiary/aromatic N) is 6. The molecule has 4 aromatic carbocycles. The summed E-state index contributed by atoms with van der Waals surface area (Å²) in [6.07, 6.45) is 10.8. The van der Waals surface area contributed by atoms with Crippen LogP contribution in [0.1, 0.15) is 0 Å². The third-order valence-electron chi connectivity index (χ3n) is 7.79. The molecule has 4 aromatic heterocycles. The minimum Gasteiger partial charge on any atom is -0.463 e. The normalized spacial score (nSPS) is 11.3. The molecule has 4 heterocycles. The predicted molar refractivity (Wildman–Crippen MR) is 175 cm³/mol. The highest BCUT2D eigenvalue weighted by atomic mass is 16.6. The van der Waals surface area contributed by atoms with Crippen LogP contribution >= 0.6 is 0 Å². The highest BCUT2D eigenvalue weighted by molar-refractivity contribution is 6.03. The van der Waals surface area contributed by atoms with Crippen molar-refractivity contribution in [3.8, 4) is 23.7 Å². The maximum absolute atomic E-state index is 6.46. The predicted octanol–water partition coefficient (Wildman–Crippen LogP) is 8.57. The van der Waals surface area contributed by atoms with Gasteiger partial charge in [0.05, 0.1) is 23.4 Å². The Hall–Kier alpha value is -6.22. The van der Waals surface area contributed by atoms with Crippen molar-refractivity contribution in [2.45, 2.75) is 0 Å². The maximum atomic E-state index is 6.46. The number of aromatic nitrogens is 6. The molecule has 9 nitrogen and oxygen atoms in total. The number of ether oxygens (including phenoxy) is 1. The SMILES string of the molecule is Cn1cc(Oc2cn(-c3nccn3C)c3ccccc3c3ccccc3o2)nc1-n1ccoc2ccccc2c2ccccc21. The summed E-state index contributed by atoms with van der Waals surface area (Å²) in [5.41, 5.74) is 3.35. The molecule has 0 spiro atoms. The Balaban J connectivity index is 1.33. The quantitative estimate of drug-likeness (QED) is 0.204. The Morgan fingerprint density at radius 1 is 0.600 bits per heavy atom. The minimum absolute atomic E-state index is 0.241. The standard InChI is InChI=1S/C36H28N6O3/c1-39-20-19-37-35(39)42-24-34(44-32-18-10-6-14-28(32)26-12-4-8-16-30(26)42)45-33-23-40(2)36(38-33)41-21-22-43-31-17-9-5-13-27(31)25-11-3-7-15-29(25)41/h3-24H,1-2H3. The van der Waals surface area contributed by atoms with Crippen molar-refractivity contribution in [3.63, 3.8) is 0 Å². The average molecular weight is 593 g/mol. The number of aryl methyl sites for hydroxylation is 2. The smallest absolute Gasteiger partial charge is 0.309 e.